The number of aliphatic hydroxyl groups is 1. The Morgan fingerprint density at radius 2 is 1.36 bits per heavy atom. The van der Waals surface area contributed by atoms with Gasteiger partial charge in [-0.25, -0.2) is 0 Å². The Labute approximate surface area is 149 Å². The zero-order chi connectivity index (χ0) is 16.9. The van der Waals surface area contributed by atoms with Crippen LogP contribution in [0.25, 0.3) is 0 Å². The molecule has 1 N–H and O–H groups in total. The van der Waals surface area contributed by atoms with Crippen molar-refractivity contribution >= 4 is 0 Å². The Kier molecular flexibility index (Phi) is 3.27. The fourth-order valence-electron chi connectivity index (χ4n) is 4.88. The molecule has 0 radical (unpaired) electrons. The van der Waals surface area contributed by atoms with E-state index in [9.17, 15) is 5.11 Å². The summed E-state index contributed by atoms with van der Waals surface area (Å²) in [5, 5.41) is 12.0. The van der Waals surface area contributed by atoms with E-state index in [0.717, 1.165) is 36.8 Å². The van der Waals surface area contributed by atoms with Crippen LogP contribution in [0.5, 0.6) is 0 Å². The summed E-state index contributed by atoms with van der Waals surface area (Å²) < 4.78 is 0. The average Bonchev–Trinajstić information content (AvgIpc) is 2.66. The predicted octanol–water partition coefficient (Wildman–Crippen LogP) is 4.19. The molecule has 122 valence electrons. The Hall–Kier alpha value is -2.48. The highest BCUT2D eigenvalue weighted by atomic mass is 16.3. The molecule has 2 atom stereocenters. The van der Waals surface area contributed by atoms with Crippen LogP contribution < -0.4 is 0 Å². The van der Waals surface area contributed by atoms with Crippen molar-refractivity contribution in [3.8, 4) is 23.7 Å². The maximum Gasteiger partial charge on any atom is 0.130 e. The number of rotatable bonds is 0. The highest BCUT2D eigenvalue weighted by Crippen LogP contribution is 2.59. The van der Waals surface area contributed by atoms with E-state index in [2.05, 4.69) is 60.1 Å². The maximum atomic E-state index is 12.0. The fraction of sp³-hybridized carbons (Fsp3) is 0.333. The van der Waals surface area contributed by atoms with Gasteiger partial charge in [-0.2, -0.15) is 0 Å². The molecule has 0 unspecified atom stereocenters. The Morgan fingerprint density at radius 1 is 0.800 bits per heavy atom. The second-order valence-electron chi connectivity index (χ2n) is 7.27. The summed E-state index contributed by atoms with van der Waals surface area (Å²) in [6.45, 7) is 0. The summed E-state index contributed by atoms with van der Waals surface area (Å²) in [6, 6.07) is 16.6. The first-order valence-corrected chi connectivity index (χ1v) is 9.20. The second-order valence-corrected chi connectivity index (χ2v) is 7.27. The summed E-state index contributed by atoms with van der Waals surface area (Å²) in [7, 11) is 0. The van der Waals surface area contributed by atoms with Gasteiger partial charge in [-0.1, -0.05) is 60.4 Å². The lowest BCUT2D eigenvalue weighted by atomic mass is 9.52. The number of benzene rings is 2. The lowest BCUT2D eigenvalue weighted by molar-refractivity contribution is -0.000878. The molecule has 0 fully saturated rings. The van der Waals surface area contributed by atoms with Gasteiger partial charge in [0.1, 0.15) is 5.60 Å². The molecule has 1 nitrogen and oxygen atoms in total. The molecular formula is C24H20O. The third-order valence-electron chi connectivity index (χ3n) is 5.96. The van der Waals surface area contributed by atoms with Gasteiger partial charge >= 0.3 is 0 Å². The molecule has 4 aliphatic rings. The van der Waals surface area contributed by atoms with Crippen molar-refractivity contribution in [1.82, 2.24) is 0 Å². The van der Waals surface area contributed by atoms with Crippen LogP contribution in [0.15, 0.2) is 48.5 Å². The van der Waals surface area contributed by atoms with E-state index >= 15 is 0 Å². The Balaban J connectivity index is 1.83. The maximum absolute atomic E-state index is 12.0. The minimum absolute atomic E-state index is 0.0559. The summed E-state index contributed by atoms with van der Waals surface area (Å²) >= 11 is 0. The molecule has 4 aliphatic carbocycles. The van der Waals surface area contributed by atoms with Gasteiger partial charge in [-0.05, 0) is 35.1 Å². The monoisotopic (exact) mass is 324 g/mol. The van der Waals surface area contributed by atoms with E-state index in [-0.39, 0.29) is 17.8 Å². The molecule has 0 spiro atoms. The summed E-state index contributed by atoms with van der Waals surface area (Å²) in [6.07, 6.45) is 4.03. The zero-order valence-corrected chi connectivity index (χ0v) is 14.1. The third-order valence-corrected chi connectivity index (χ3v) is 5.96. The highest BCUT2D eigenvalue weighted by molar-refractivity contribution is 5.61. The smallest absolute Gasteiger partial charge is 0.130 e. The van der Waals surface area contributed by atoms with Gasteiger partial charge < -0.3 is 5.11 Å². The molecule has 1 heteroatoms. The standard InChI is InChI=1S/C24H20O/c25-24-20-14-6-4-2-1-3-5-11-17(20)23(18-12-7-9-15-21(18)24)19-13-8-10-16-22(19)24/h7-10,12-13,15-17,20,23,25H,1-4H2/t17-,20+,23?,24?/m1/s1. The van der Waals surface area contributed by atoms with Gasteiger partial charge in [0, 0.05) is 24.7 Å². The molecule has 0 heterocycles. The van der Waals surface area contributed by atoms with Crippen molar-refractivity contribution in [3.63, 3.8) is 0 Å². The minimum Gasteiger partial charge on any atom is -0.379 e. The van der Waals surface area contributed by atoms with E-state index < -0.39 is 5.60 Å². The van der Waals surface area contributed by atoms with E-state index in [1.807, 2.05) is 12.1 Å². The Bertz CT molecular complexity index is 915. The topological polar surface area (TPSA) is 20.2 Å². The average molecular weight is 324 g/mol. The molecule has 2 aromatic carbocycles. The molecule has 25 heavy (non-hydrogen) atoms. The molecular weight excluding hydrogens is 304 g/mol. The van der Waals surface area contributed by atoms with Gasteiger partial charge in [0.2, 0.25) is 0 Å². The molecule has 0 saturated carbocycles. The fourth-order valence-corrected chi connectivity index (χ4v) is 4.88. The van der Waals surface area contributed by atoms with Gasteiger partial charge in [-0.3, -0.25) is 0 Å². The predicted molar refractivity (Wildman–Crippen MR) is 98.7 cm³/mol. The number of hydrogen-bond acceptors (Lipinski definition) is 1. The first kappa shape index (κ1) is 14.8. The molecule has 2 bridgehead atoms. The van der Waals surface area contributed by atoms with Crippen molar-refractivity contribution in [3.05, 3.63) is 70.8 Å². The normalized spacial score (nSPS) is 31.3. The lowest BCUT2D eigenvalue weighted by Crippen LogP contribution is -2.51. The summed E-state index contributed by atoms with van der Waals surface area (Å²) in [5.74, 6) is 13.8. The van der Waals surface area contributed by atoms with Crippen LogP contribution in [0.1, 0.15) is 53.9 Å². The van der Waals surface area contributed by atoms with Gasteiger partial charge in [0.25, 0.3) is 0 Å². The van der Waals surface area contributed by atoms with E-state index in [4.69, 9.17) is 0 Å². The zero-order valence-electron chi connectivity index (χ0n) is 14.1. The van der Waals surface area contributed by atoms with Gasteiger partial charge in [-0.15, -0.1) is 11.8 Å². The molecule has 0 saturated heterocycles. The van der Waals surface area contributed by atoms with Crippen LogP contribution in [0.2, 0.25) is 0 Å². The van der Waals surface area contributed by atoms with Crippen LogP contribution in [0.4, 0.5) is 0 Å². The summed E-state index contributed by atoms with van der Waals surface area (Å²) in [5.41, 5.74) is 3.42. The van der Waals surface area contributed by atoms with Crippen LogP contribution in [0, 0.1) is 35.5 Å². The molecule has 0 aromatic heterocycles. The first-order chi connectivity index (χ1) is 12.3. The third kappa shape index (κ3) is 1.97. The molecule has 0 amide bonds. The Morgan fingerprint density at radius 3 is 2.00 bits per heavy atom. The van der Waals surface area contributed by atoms with Crippen molar-refractivity contribution in [2.75, 3.05) is 0 Å². The SMILES string of the molecule is OC12c3ccccc3C(c3ccccc31)[C@@H]1C#CCCCCC#C[C@@H]12. The second kappa shape index (κ2) is 5.52. The van der Waals surface area contributed by atoms with Crippen LogP contribution in [-0.2, 0) is 5.60 Å². The minimum atomic E-state index is -1.06. The van der Waals surface area contributed by atoms with Crippen molar-refractivity contribution in [2.24, 2.45) is 11.8 Å². The lowest BCUT2D eigenvalue weighted by Gasteiger charge is -2.52. The largest absolute Gasteiger partial charge is 0.379 e. The molecule has 2 aromatic rings. The van der Waals surface area contributed by atoms with E-state index in [1.54, 1.807) is 0 Å². The van der Waals surface area contributed by atoms with E-state index in [0.29, 0.717) is 0 Å². The van der Waals surface area contributed by atoms with Crippen LogP contribution in [-0.4, -0.2) is 5.11 Å². The summed E-state index contributed by atoms with van der Waals surface area (Å²) in [4.78, 5) is 0. The quantitative estimate of drug-likeness (QED) is 0.720. The van der Waals surface area contributed by atoms with E-state index in [1.165, 1.54) is 11.1 Å². The molecule has 0 aliphatic heterocycles. The van der Waals surface area contributed by atoms with Crippen LogP contribution in [0.3, 0.4) is 0 Å². The van der Waals surface area contributed by atoms with Crippen molar-refractivity contribution in [2.45, 2.75) is 37.2 Å². The highest BCUT2D eigenvalue weighted by Gasteiger charge is 2.57. The van der Waals surface area contributed by atoms with Crippen molar-refractivity contribution in [1.29, 1.82) is 0 Å². The van der Waals surface area contributed by atoms with Crippen molar-refractivity contribution < 1.29 is 5.11 Å². The molecule has 6 rings (SSSR count). The van der Waals surface area contributed by atoms with Gasteiger partial charge in [0.05, 0.1) is 5.92 Å². The number of hydrogen-bond donors (Lipinski definition) is 1. The first-order valence-electron chi connectivity index (χ1n) is 9.20. The van der Waals surface area contributed by atoms with Crippen LogP contribution >= 0.6 is 0 Å². The van der Waals surface area contributed by atoms with Gasteiger partial charge in [0.15, 0.2) is 0 Å².